The third-order valence-electron chi connectivity index (χ3n) is 4.08. The summed E-state index contributed by atoms with van der Waals surface area (Å²) in [5, 5.41) is 3.62. The molecule has 4 heteroatoms. The molecule has 0 aromatic heterocycles. The second-order valence-electron chi connectivity index (χ2n) is 5.18. The van der Waals surface area contributed by atoms with E-state index in [2.05, 4.69) is 19.2 Å². The topological polar surface area (TPSA) is 39.7 Å². The SMILES string of the molecule is CCNC(C(C)CCOC)C1(OC)CCOCC1. The monoisotopic (exact) mass is 259 g/mol. The summed E-state index contributed by atoms with van der Waals surface area (Å²) in [6, 6.07) is 0.367. The number of hydrogen-bond acceptors (Lipinski definition) is 4. The Labute approximate surface area is 111 Å². The van der Waals surface area contributed by atoms with Gasteiger partial charge in [0.15, 0.2) is 0 Å². The third kappa shape index (κ3) is 3.92. The minimum absolute atomic E-state index is 0.0819. The normalized spacial score (nSPS) is 22.7. The van der Waals surface area contributed by atoms with Crippen LogP contribution in [0, 0.1) is 5.92 Å². The van der Waals surface area contributed by atoms with Crippen molar-refractivity contribution in [2.24, 2.45) is 5.92 Å². The Hall–Kier alpha value is -0.160. The number of methoxy groups -OCH3 is 2. The van der Waals surface area contributed by atoms with E-state index in [9.17, 15) is 0 Å². The van der Waals surface area contributed by atoms with Gasteiger partial charge in [0.1, 0.15) is 0 Å². The van der Waals surface area contributed by atoms with E-state index in [0.717, 1.165) is 45.6 Å². The van der Waals surface area contributed by atoms with Crippen LogP contribution in [-0.4, -0.2) is 52.2 Å². The number of hydrogen-bond donors (Lipinski definition) is 1. The molecule has 1 N–H and O–H groups in total. The Balaban J connectivity index is 2.72. The number of likely N-dealkylation sites (N-methyl/N-ethyl adjacent to an activating group) is 1. The van der Waals surface area contributed by atoms with Crippen molar-refractivity contribution >= 4 is 0 Å². The van der Waals surface area contributed by atoms with E-state index in [1.54, 1.807) is 7.11 Å². The van der Waals surface area contributed by atoms with Crippen LogP contribution >= 0.6 is 0 Å². The van der Waals surface area contributed by atoms with E-state index in [0.29, 0.717) is 12.0 Å². The summed E-state index contributed by atoms with van der Waals surface area (Å²) in [5.74, 6) is 0.531. The van der Waals surface area contributed by atoms with Crippen molar-refractivity contribution in [3.8, 4) is 0 Å². The zero-order valence-corrected chi connectivity index (χ0v) is 12.3. The van der Waals surface area contributed by atoms with Gasteiger partial charge in [-0.25, -0.2) is 0 Å². The van der Waals surface area contributed by atoms with Gasteiger partial charge < -0.3 is 19.5 Å². The van der Waals surface area contributed by atoms with Gasteiger partial charge in [-0.2, -0.15) is 0 Å². The van der Waals surface area contributed by atoms with Gasteiger partial charge >= 0.3 is 0 Å². The van der Waals surface area contributed by atoms with Crippen LogP contribution in [0.2, 0.25) is 0 Å². The molecule has 0 aliphatic carbocycles. The zero-order valence-electron chi connectivity index (χ0n) is 12.3. The van der Waals surface area contributed by atoms with E-state index in [-0.39, 0.29) is 5.60 Å². The van der Waals surface area contributed by atoms with Crippen LogP contribution in [0.15, 0.2) is 0 Å². The first-order valence-corrected chi connectivity index (χ1v) is 7.05. The largest absolute Gasteiger partial charge is 0.385 e. The molecular weight excluding hydrogens is 230 g/mol. The van der Waals surface area contributed by atoms with Crippen molar-refractivity contribution < 1.29 is 14.2 Å². The lowest BCUT2D eigenvalue weighted by atomic mass is 9.78. The second-order valence-corrected chi connectivity index (χ2v) is 5.18. The summed E-state index contributed by atoms with van der Waals surface area (Å²) in [4.78, 5) is 0. The molecule has 0 radical (unpaired) electrons. The summed E-state index contributed by atoms with van der Waals surface area (Å²) < 4.78 is 16.6. The van der Waals surface area contributed by atoms with Crippen LogP contribution in [0.3, 0.4) is 0 Å². The molecule has 0 aromatic carbocycles. The highest BCUT2D eigenvalue weighted by Crippen LogP contribution is 2.33. The summed E-state index contributed by atoms with van der Waals surface area (Å²) in [7, 11) is 3.59. The number of ether oxygens (including phenoxy) is 3. The van der Waals surface area contributed by atoms with Crippen molar-refractivity contribution in [1.29, 1.82) is 0 Å². The Kier molecular flexibility index (Phi) is 7.15. The maximum Gasteiger partial charge on any atom is 0.0877 e. The van der Waals surface area contributed by atoms with Gasteiger partial charge in [0.05, 0.1) is 5.60 Å². The first kappa shape index (κ1) is 15.9. The lowest BCUT2D eigenvalue weighted by Crippen LogP contribution is -2.58. The number of rotatable bonds is 8. The molecular formula is C14H29NO3. The molecule has 4 nitrogen and oxygen atoms in total. The number of nitrogens with one attached hydrogen (secondary N) is 1. The first-order valence-electron chi connectivity index (χ1n) is 7.05. The van der Waals surface area contributed by atoms with Crippen LogP contribution < -0.4 is 5.32 Å². The molecule has 1 aliphatic heterocycles. The van der Waals surface area contributed by atoms with Crippen LogP contribution in [0.1, 0.15) is 33.1 Å². The Morgan fingerprint density at radius 1 is 1.28 bits per heavy atom. The molecule has 0 amide bonds. The van der Waals surface area contributed by atoms with Crippen LogP contribution in [0.5, 0.6) is 0 Å². The minimum atomic E-state index is -0.0819. The first-order chi connectivity index (χ1) is 8.70. The summed E-state index contributed by atoms with van der Waals surface area (Å²) in [6.45, 7) is 7.80. The molecule has 0 spiro atoms. The van der Waals surface area contributed by atoms with Crippen LogP contribution in [0.4, 0.5) is 0 Å². The van der Waals surface area contributed by atoms with E-state index >= 15 is 0 Å². The molecule has 18 heavy (non-hydrogen) atoms. The maximum absolute atomic E-state index is 5.91. The van der Waals surface area contributed by atoms with E-state index in [1.165, 1.54) is 0 Å². The molecule has 1 aliphatic rings. The Bertz CT molecular complexity index is 217. The quantitative estimate of drug-likeness (QED) is 0.722. The average Bonchev–Trinajstić information content (AvgIpc) is 2.43. The molecule has 2 unspecified atom stereocenters. The summed E-state index contributed by atoms with van der Waals surface area (Å²) in [5.41, 5.74) is -0.0819. The Morgan fingerprint density at radius 3 is 2.44 bits per heavy atom. The van der Waals surface area contributed by atoms with Crippen LogP contribution in [-0.2, 0) is 14.2 Å². The predicted molar refractivity (Wildman–Crippen MR) is 72.9 cm³/mol. The fraction of sp³-hybridized carbons (Fsp3) is 1.00. The smallest absolute Gasteiger partial charge is 0.0877 e. The van der Waals surface area contributed by atoms with Gasteiger partial charge in [-0.1, -0.05) is 13.8 Å². The molecule has 108 valence electrons. The van der Waals surface area contributed by atoms with Gasteiger partial charge in [0, 0.05) is 52.9 Å². The lowest BCUT2D eigenvalue weighted by Gasteiger charge is -2.45. The van der Waals surface area contributed by atoms with E-state index in [4.69, 9.17) is 14.2 Å². The molecule has 0 aromatic rings. The molecule has 0 bridgehead atoms. The molecule has 1 fully saturated rings. The van der Waals surface area contributed by atoms with Crippen molar-refractivity contribution in [2.45, 2.75) is 44.8 Å². The zero-order chi connectivity index (χ0) is 13.4. The molecule has 1 saturated heterocycles. The summed E-state index contributed by atoms with van der Waals surface area (Å²) >= 11 is 0. The lowest BCUT2D eigenvalue weighted by molar-refractivity contribution is -0.120. The highest BCUT2D eigenvalue weighted by molar-refractivity contribution is 4.97. The predicted octanol–water partition coefficient (Wildman–Crippen LogP) is 1.83. The highest BCUT2D eigenvalue weighted by atomic mass is 16.5. The van der Waals surface area contributed by atoms with Gasteiger partial charge in [-0.15, -0.1) is 0 Å². The fourth-order valence-electron chi connectivity index (χ4n) is 2.96. The van der Waals surface area contributed by atoms with Gasteiger partial charge in [0.2, 0.25) is 0 Å². The maximum atomic E-state index is 5.91. The van der Waals surface area contributed by atoms with Crippen molar-refractivity contribution in [1.82, 2.24) is 5.32 Å². The van der Waals surface area contributed by atoms with Crippen molar-refractivity contribution in [3.63, 3.8) is 0 Å². The standard InChI is InChI=1S/C14H29NO3/c1-5-15-13(12(2)6-9-16-3)14(17-4)7-10-18-11-8-14/h12-13,15H,5-11H2,1-4H3. The molecule has 1 rings (SSSR count). The Morgan fingerprint density at radius 2 is 1.94 bits per heavy atom. The van der Waals surface area contributed by atoms with Gasteiger partial charge in [-0.05, 0) is 18.9 Å². The van der Waals surface area contributed by atoms with Crippen molar-refractivity contribution in [3.05, 3.63) is 0 Å². The van der Waals surface area contributed by atoms with Crippen LogP contribution in [0.25, 0.3) is 0 Å². The minimum Gasteiger partial charge on any atom is -0.385 e. The second kappa shape index (κ2) is 8.10. The average molecular weight is 259 g/mol. The van der Waals surface area contributed by atoms with Gasteiger partial charge in [0.25, 0.3) is 0 Å². The van der Waals surface area contributed by atoms with Gasteiger partial charge in [-0.3, -0.25) is 0 Å². The fourth-order valence-corrected chi connectivity index (χ4v) is 2.96. The van der Waals surface area contributed by atoms with Crippen molar-refractivity contribution in [2.75, 3.05) is 40.6 Å². The highest BCUT2D eigenvalue weighted by Gasteiger charge is 2.42. The summed E-state index contributed by atoms with van der Waals surface area (Å²) in [6.07, 6.45) is 3.00. The molecule has 0 saturated carbocycles. The third-order valence-corrected chi connectivity index (χ3v) is 4.08. The molecule has 1 heterocycles. The van der Waals surface area contributed by atoms with E-state index < -0.39 is 0 Å². The van der Waals surface area contributed by atoms with E-state index in [1.807, 2.05) is 7.11 Å². The molecule has 2 atom stereocenters.